The molecule has 0 atom stereocenters. The van der Waals surface area contributed by atoms with Crippen molar-refractivity contribution in [2.45, 2.75) is 19.9 Å². The molecule has 3 nitrogen and oxygen atoms in total. The molecule has 0 aromatic rings. The van der Waals surface area contributed by atoms with Crippen molar-refractivity contribution in [1.29, 1.82) is 0 Å². The lowest BCUT2D eigenvalue weighted by Crippen LogP contribution is -2.35. The molecule has 0 saturated heterocycles. The molecular formula is C10H22BrNO2. The van der Waals surface area contributed by atoms with Crippen LogP contribution in [0.2, 0.25) is 0 Å². The van der Waals surface area contributed by atoms with Gasteiger partial charge in [-0.1, -0.05) is 15.9 Å². The maximum absolute atomic E-state index is 5.42. The van der Waals surface area contributed by atoms with Crippen LogP contribution >= 0.6 is 15.9 Å². The Hall–Kier alpha value is 0.360. The zero-order chi connectivity index (χ0) is 10.8. The molecule has 0 fully saturated rings. The standard InChI is InChI=1S/C10H22BrNO2/c1-10(2)12(5-4-11)6-7-14-9-8-13-3/h10H,4-9H2,1-3H3. The lowest BCUT2D eigenvalue weighted by molar-refractivity contribution is 0.0535. The van der Waals surface area contributed by atoms with Gasteiger partial charge >= 0.3 is 0 Å². The summed E-state index contributed by atoms with van der Waals surface area (Å²) in [6.07, 6.45) is 0. The molecule has 14 heavy (non-hydrogen) atoms. The molecule has 0 spiro atoms. The highest BCUT2D eigenvalue weighted by Crippen LogP contribution is 1.98. The summed E-state index contributed by atoms with van der Waals surface area (Å²) in [5.41, 5.74) is 0. The van der Waals surface area contributed by atoms with E-state index in [4.69, 9.17) is 9.47 Å². The molecule has 0 aromatic carbocycles. The number of nitrogens with zero attached hydrogens (tertiary/aromatic N) is 1. The number of rotatable bonds is 9. The summed E-state index contributed by atoms with van der Waals surface area (Å²) in [6.45, 7) is 8.64. The Bertz CT molecular complexity index is 123. The Kier molecular flexibility index (Phi) is 10.2. The number of ether oxygens (including phenoxy) is 2. The molecule has 0 aliphatic rings. The Morgan fingerprint density at radius 2 is 1.86 bits per heavy atom. The van der Waals surface area contributed by atoms with Crippen LogP contribution in [-0.2, 0) is 9.47 Å². The van der Waals surface area contributed by atoms with Crippen LogP contribution in [0.3, 0.4) is 0 Å². The average Bonchev–Trinajstić information content (AvgIpc) is 2.15. The summed E-state index contributed by atoms with van der Waals surface area (Å²) in [4.78, 5) is 2.39. The normalized spacial score (nSPS) is 11.6. The molecule has 0 aromatic heterocycles. The van der Waals surface area contributed by atoms with E-state index in [9.17, 15) is 0 Å². The van der Waals surface area contributed by atoms with Crippen molar-refractivity contribution in [2.75, 3.05) is 45.4 Å². The minimum absolute atomic E-state index is 0.582. The second-order valence-corrected chi connectivity index (χ2v) is 4.22. The van der Waals surface area contributed by atoms with E-state index in [0.717, 1.165) is 25.0 Å². The third kappa shape index (κ3) is 7.74. The minimum Gasteiger partial charge on any atom is -0.382 e. The van der Waals surface area contributed by atoms with Crippen molar-refractivity contribution in [3.63, 3.8) is 0 Å². The largest absolute Gasteiger partial charge is 0.382 e. The lowest BCUT2D eigenvalue weighted by Gasteiger charge is -2.25. The average molecular weight is 268 g/mol. The van der Waals surface area contributed by atoms with Gasteiger partial charge in [0.05, 0.1) is 19.8 Å². The molecule has 0 heterocycles. The summed E-state index contributed by atoms with van der Waals surface area (Å²) in [6, 6.07) is 0.582. The van der Waals surface area contributed by atoms with E-state index in [1.54, 1.807) is 7.11 Å². The molecule has 0 bridgehead atoms. The van der Waals surface area contributed by atoms with Gasteiger partial charge in [-0.2, -0.15) is 0 Å². The monoisotopic (exact) mass is 267 g/mol. The Morgan fingerprint density at radius 1 is 1.14 bits per heavy atom. The summed E-state index contributed by atoms with van der Waals surface area (Å²) in [5, 5.41) is 1.02. The second kappa shape index (κ2) is 9.90. The highest BCUT2D eigenvalue weighted by molar-refractivity contribution is 9.09. The highest BCUT2D eigenvalue weighted by Gasteiger charge is 2.07. The van der Waals surface area contributed by atoms with Crippen LogP contribution in [0.5, 0.6) is 0 Å². The predicted octanol–water partition coefficient (Wildman–Crippen LogP) is 1.75. The molecule has 0 aliphatic heterocycles. The first kappa shape index (κ1) is 14.4. The first-order chi connectivity index (χ1) is 6.72. The fourth-order valence-corrected chi connectivity index (χ4v) is 1.62. The second-order valence-electron chi connectivity index (χ2n) is 3.42. The molecule has 0 rings (SSSR count). The smallest absolute Gasteiger partial charge is 0.0700 e. The molecule has 4 heteroatoms. The van der Waals surface area contributed by atoms with Gasteiger partial charge in [0.15, 0.2) is 0 Å². The van der Waals surface area contributed by atoms with Gasteiger partial charge in [0.25, 0.3) is 0 Å². The topological polar surface area (TPSA) is 21.7 Å². The Morgan fingerprint density at radius 3 is 2.36 bits per heavy atom. The third-order valence-corrected chi connectivity index (χ3v) is 2.41. The van der Waals surface area contributed by atoms with E-state index >= 15 is 0 Å². The van der Waals surface area contributed by atoms with Gasteiger partial charge in [0, 0.05) is 31.6 Å². The fraction of sp³-hybridized carbons (Fsp3) is 1.00. The summed E-state index contributed by atoms with van der Waals surface area (Å²) in [5.74, 6) is 0. The van der Waals surface area contributed by atoms with Crippen molar-refractivity contribution < 1.29 is 9.47 Å². The van der Waals surface area contributed by atoms with Crippen molar-refractivity contribution in [3.05, 3.63) is 0 Å². The van der Waals surface area contributed by atoms with Crippen LogP contribution in [0.1, 0.15) is 13.8 Å². The SMILES string of the molecule is COCCOCCN(CCBr)C(C)C. The first-order valence-electron chi connectivity index (χ1n) is 5.09. The van der Waals surface area contributed by atoms with Gasteiger partial charge in [-0.05, 0) is 13.8 Å². The van der Waals surface area contributed by atoms with Crippen molar-refractivity contribution in [2.24, 2.45) is 0 Å². The fourth-order valence-electron chi connectivity index (χ4n) is 1.16. The van der Waals surface area contributed by atoms with Gasteiger partial charge < -0.3 is 9.47 Å². The number of hydrogen-bond acceptors (Lipinski definition) is 3. The summed E-state index contributed by atoms with van der Waals surface area (Å²) in [7, 11) is 1.69. The van der Waals surface area contributed by atoms with Crippen LogP contribution in [0.25, 0.3) is 0 Å². The van der Waals surface area contributed by atoms with E-state index in [1.165, 1.54) is 0 Å². The number of alkyl halides is 1. The quantitative estimate of drug-likeness (QED) is 0.470. The summed E-state index contributed by atoms with van der Waals surface area (Å²) < 4.78 is 10.3. The van der Waals surface area contributed by atoms with Crippen LogP contribution in [0, 0.1) is 0 Å². The van der Waals surface area contributed by atoms with Gasteiger partial charge in [0.2, 0.25) is 0 Å². The van der Waals surface area contributed by atoms with E-state index in [1.807, 2.05) is 0 Å². The maximum Gasteiger partial charge on any atom is 0.0700 e. The van der Waals surface area contributed by atoms with Gasteiger partial charge in [0.1, 0.15) is 0 Å². The molecule has 0 aliphatic carbocycles. The van der Waals surface area contributed by atoms with Crippen molar-refractivity contribution in [1.82, 2.24) is 4.90 Å². The van der Waals surface area contributed by atoms with Gasteiger partial charge in [-0.3, -0.25) is 4.90 Å². The Balaban J connectivity index is 3.41. The molecule has 0 saturated carbocycles. The molecule has 0 radical (unpaired) electrons. The minimum atomic E-state index is 0.582. The zero-order valence-corrected chi connectivity index (χ0v) is 11.0. The highest BCUT2D eigenvalue weighted by atomic mass is 79.9. The zero-order valence-electron chi connectivity index (χ0n) is 9.46. The number of methoxy groups -OCH3 is 1. The van der Waals surface area contributed by atoms with E-state index in [0.29, 0.717) is 19.3 Å². The van der Waals surface area contributed by atoms with Crippen LogP contribution in [0.15, 0.2) is 0 Å². The van der Waals surface area contributed by atoms with Crippen LogP contribution < -0.4 is 0 Å². The van der Waals surface area contributed by atoms with E-state index in [2.05, 4.69) is 34.7 Å². The molecule has 86 valence electrons. The maximum atomic E-state index is 5.42. The molecular weight excluding hydrogens is 246 g/mol. The van der Waals surface area contributed by atoms with Gasteiger partial charge in [-0.25, -0.2) is 0 Å². The van der Waals surface area contributed by atoms with Crippen molar-refractivity contribution >= 4 is 15.9 Å². The molecule has 0 amide bonds. The summed E-state index contributed by atoms with van der Waals surface area (Å²) >= 11 is 3.45. The number of hydrogen-bond donors (Lipinski definition) is 0. The van der Waals surface area contributed by atoms with E-state index < -0.39 is 0 Å². The lowest BCUT2D eigenvalue weighted by atomic mass is 10.3. The first-order valence-corrected chi connectivity index (χ1v) is 6.21. The predicted molar refractivity (Wildman–Crippen MR) is 63.2 cm³/mol. The molecule has 0 N–H and O–H groups in total. The van der Waals surface area contributed by atoms with E-state index in [-0.39, 0.29) is 0 Å². The molecule has 0 unspecified atom stereocenters. The van der Waals surface area contributed by atoms with Crippen molar-refractivity contribution in [3.8, 4) is 0 Å². The van der Waals surface area contributed by atoms with Crippen LogP contribution in [0.4, 0.5) is 0 Å². The Labute approximate surface area is 95.9 Å². The number of halogens is 1. The third-order valence-electron chi connectivity index (χ3n) is 2.06. The van der Waals surface area contributed by atoms with Crippen LogP contribution in [-0.4, -0.2) is 56.3 Å². The van der Waals surface area contributed by atoms with Gasteiger partial charge in [-0.15, -0.1) is 0 Å².